The highest BCUT2D eigenvalue weighted by Crippen LogP contribution is 2.46. The molecule has 2 heterocycles. The molecule has 0 radical (unpaired) electrons. The molecule has 6 rings (SSSR count). The summed E-state index contributed by atoms with van der Waals surface area (Å²) in [5.41, 5.74) is 2.80. The number of pyridine rings is 2. The van der Waals surface area contributed by atoms with E-state index in [1.807, 2.05) is 62.4 Å². The van der Waals surface area contributed by atoms with Crippen LogP contribution in [0.5, 0.6) is 17.6 Å². The maximum absolute atomic E-state index is 14.6. The summed E-state index contributed by atoms with van der Waals surface area (Å²) in [6, 6.07) is 16.3. The molecule has 0 saturated heterocycles. The van der Waals surface area contributed by atoms with Crippen LogP contribution in [0.2, 0.25) is 5.02 Å². The van der Waals surface area contributed by atoms with Crippen molar-refractivity contribution in [3.63, 3.8) is 0 Å². The van der Waals surface area contributed by atoms with Gasteiger partial charge in [0.2, 0.25) is 17.6 Å². The predicted molar refractivity (Wildman–Crippen MR) is 207 cm³/mol. The van der Waals surface area contributed by atoms with Crippen molar-refractivity contribution >= 4 is 17.6 Å². The predicted octanol–water partition coefficient (Wildman–Crippen LogP) is 8.50. The Kier molecular flexibility index (Phi) is 11.9. The third kappa shape index (κ3) is 8.76. The minimum absolute atomic E-state index is 0.00272. The summed E-state index contributed by atoms with van der Waals surface area (Å²) in [6.07, 6.45) is -3.21. The fourth-order valence-electron chi connectivity index (χ4n) is 7.65. The van der Waals surface area contributed by atoms with E-state index in [1.54, 1.807) is 25.9 Å². The number of carboxylic acids is 1. The number of ether oxygens (including phenoxy) is 3. The number of carbonyl (C=O) groups is 1. The number of methoxy groups -OCH3 is 2. The van der Waals surface area contributed by atoms with Crippen LogP contribution in [-0.4, -0.2) is 70.0 Å². The number of aliphatic carboxylic acids is 1. The van der Waals surface area contributed by atoms with Crippen LogP contribution in [0.4, 0.5) is 13.2 Å². The lowest BCUT2D eigenvalue weighted by atomic mass is 9.77. The molecule has 2 aliphatic carbocycles. The number of aromatic nitrogens is 2. The van der Waals surface area contributed by atoms with Gasteiger partial charge in [-0.1, -0.05) is 61.0 Å². The minimum atomic E-state index is -4.79. The Bertz CT molecular complexity index is 2080. The number of nitrogens with one attached hydrogen (secondary N) is 1. The molecule has 3 N–H and O–H groups in total. The van der Waals surface area contributed by atoms with Crippen molar-refractivity contribution in [3.05, 3.63) is 87.4 Å². The van der Waals surface area contributed by atoms with Gasteiger partial charge in [0, 0.05) is 47.9 Å². The van der Waals surface area contributed by atoms with Crippen LogP contribution in [0.3, 0.4) is 0 Å². The van der Waals surface area contributed by atoms with Crippen molar-refractivity contribution in [2.45, 2.75) is 90.4 Å². The molecule has 14 heteroatoms. The van der Waals surface area contributed by atoms with Crippen LogP contribution < -0.4 is 19.5 Å². The Morgan fingerprint density at radius 2 is 1.64 bits per heavy atom. The van der Waals surface area contributed by atoms with E-state index in [9.17, 15) is 28.2 Å². The third-order valence-electron chi connectivity index (χ3n) is 10.7. The zero-order valence-corrected chi connectivity index (χ0v) is 33.1. The molecule has 0 spiro atoms. The molecule has 2 aromatic heterocycles. The van der Waals surface area contributed by atoms with Gasteiger partial charge in [0.25, 0.3) is 0 Å². The van der Waals surface area contributed by atoms with Gasteiger partial charge >= 0.3 is 12.1 Å². The zero-order valence-electron chi connectivity index (χ0n) is 32.4. The van der Waals surface area contributed by atoms with E-state index in [4.69, 9.17) is 30.8 Å². The van der Waals surface area contributed by atoms with Gasteiger partial charge in [0.1, 0.15) is 11.7 Å². The Labute approximate surface area is 330 Å². The van der Waals surface area contributed by atoms with Gasteiger partial charge in [-0.25, -0.2) is 4.98 Å². The van der Waals surface area contributed by atoms with Crippen molar-refractivity contribution in [1.29, 1.82) is 0 Å². The second kappa shape index (κ2) is 16.2. The van der Waals surface area contributed by atoms with E-state index in [0.717, 1.165) is 33.9 Å². The number of hydrogen-bond acceptors (Lipinski definition) is 9. The molecule has 10 nitrogen and oxygen atoms in total. The van der Waals surface area contributed by atoms with Gasteiger partial charge in [-0.2, -0.15) is 18.2 Å². The molecule has 4 aromatic rings. The summed E-state index contributed by atoms with van der Waals surface area (Å²) in [5.74, 6) is -1.17. The van der Waals surface area contributed by atoms with Crippen LogP contribution >= 0.6 is 11.6 Å². The van der Waals surface area contributed by atoms with Crippen molar-refractivity contribution in [2.75, 3.05) is 27.3 Å². The molecule has 0 bridgehead atoms. The highest BCUT2D eigenvalue weighted by Gasteiger charge is 2.40. The summed E-state index contributed by atoms with van der Waals surface area (Å²) in [5, 5.41) is 23.6. The largest absolute Gasteiger partial charge is 0.481 e. The van der Waals surface area contributed by atoms with Crippen molar-refractivity contribution < 1.29 is 42.4 Å². The standard InChI is InChI=1S/C42H48ClF3N4O6/c1-7-50(23-40(2,3)39(51)52)22-25-18-32(42(44,45)46)38(49-37(25)55-6)56-34-17-15-28-27(10-8-11-29(28)34)30-12-9-13-31(35(30)43)33-16-14-24(36(48-33)54-5)21-47-26-19-41(4,53)20-26/h8-14,16,18,26,34,47,53H,7,15,17,19-23H2,1-6H3,(H,51,52)/t26?,34-,41?/m0/s1. The second-order valence-electron chi connectivity index (χ2n) is 15.5. The normalized spacial score (nSPS) is 19.4. The Hall–Kier alpha value is -4.43. The van der Waals surface area contributed by atoms with Gasteiger partial charge in [0.15, 0.2) is 0 Å². The van der Waals surface area contributed by atoms with Crippen LogP contribution in [0.25, 0.3) is 22.4 Å². The third-order valence-corrected chi connectivity index (χ3v) is 11.1. The quantitative estimate of drug-likeness (QED) is 0.108. The lowest BCUT2D eigenvalue weighted by Gasteiger charge is -2.41. The van der Waals surface area contributed by atoms with Gasteiger partial charge in [-0.15, -0.1) is 0 Å². The molecule has 2 aromatic carbocycles. The minimum Gasteiger partial charge on any atom is -0.481 e. The van der Waals surface area contributed by atoms with E-state index in [-0.39, 0.29) is 30.6 Å². The Balaban J connectivity index is 1.26. The summed E-state index contributed by atoms with van der Waals surface area (Å²) in [7, 11) is 2.90. The number of fused-ring (bicyclic) bond motifs is 1. The summed E-state index contributed by atoms with van der Waals surface area (Å²) < 4.78 is 61.1. The van der Waals surface area contributed by atoms with Crippen LogP contribution in [0.1, 0.15) is 80.9 Å². The molecule has 0 unspecified atom stereocenters. The number of alkyl halides is 3. The summed E-state index contributed by atoms with van der Waals surface area (Å²) >= 11 is 7.12. The highest BCUT2D eigenvalue weighted by molar-refractivity contribution is 6.36. The van der Waals surface area contributed by atoms with Crippen LogP contribution in [-0.2, 0) is 30.5 Å². The second-order valence-corrected chi connectivity index (χ2v) is 15.9. The fraction of sp³-hybridized carbons (Fsp3) is 0.452. The van der Waals surface area contributed by atoms with Gasteiger partial charge in [-0.05, 0) is 81.8 Å². The average Bonchev–Trinajstić information content (AvgIpc) is 3.55. The summed E-state index contributed by atoms with van der Waals surface area (Å²) in [4.78, 5) is 22.5. The smallest absolute Gasteiger partial charge is 0.421 e. The van der Waals surface area contributed by atoms with E-state index >= 15 is 0 Å². The molecule has 0 aliphatic heterocycles. The first kappa shape index (κ1) is 41.2. The van der Waals surface area contributed by atoms with Gasteiger partial charge in [-0.3, -0.25) is 9.69 Å². The molecule has 56 heavy (non-hydrogen) atoms. The molecule has 0 amide bonds. The summed E-state index contributed by atoms with van der Waals surface area (Å²) in [6.45, 7) is 7.81. The number of benzene rings is 2. The molecule has 1 atom stereocenters. The SMILES string of the molecule is CCN(Cc1cc(C(F)(F)F)c(O[C@H]2CCc3c(-c4cccc(-c5ccc(CNC6CC(C)(O)C6)c(OC)n5)c4Cl)cccc32)nc1OC)CC(C)(C)C(=O)O. The number of carboxylic acid groups (broad SMARTS) is 1. The molecule has 2 aliphatic rings. The lowest BCUT2D eigenvalue weighted by Crippen LogP contribution is -2.51. The van der Waals surface area contributed by atoms with Gasteiger partial charge in [0.05, 0.1) is 36.0 Å². The first-order chi connectivity index (χ1) is 26.4. The van der Waals surface area contributed by atoms with Crippen LogP contribution in [0.15, 0.2) is 54.6 Å². The topological polar surface area (TPSA) is 126 Å². The Morgan fingerprint density at radius 1 is 0.982 bits per heavy atom. The first-order valence-corrected chi connectivity index (χ1v) is 19.0. The number of hydrogen-bond donors (Lipinski definition) is 3. The van der Waals surface area contributed by atoms with Gasteiger partial charge < -0.3 is 29.7 Å². The molecular weight excluding hydrogens is 749 g/mol. The monoisotopic (exact) mass is 796 g/mol. The lowest BCUT2D eigenvalue weighted by molar-refractivity contribution is -0.148. The maximum Gasteiger partial charge on any atom is 0.421 e. The Morgan fingerprint density at radius 3 is 2.29 bits per heavy atom. The zero-order chi connectivity index (χ0) is 40.6. The van der Waals surface area contributed by atoms with E-state index in [1.165, 1.54) is 7.11 Å². The number of rotatable bonds is 15. The molecular formula is C42H48ClF3N4O6. The van der Waals surface area contributed by atoms with E-state index < -0.39 is 40.7 Å². The van der Waals surface area contributed by atoms with E-state index in [0.29, 0.717) is 60.9 Å². The number of halogens is 4. The van der Waals surface area contributed by atoms with Crippen molar-refractivity contribution in [3.8, 4) is 40.0 Å². The molecule has 1 fully saturated rings. The molecule has 300 valence electrons. The fourth-order valence-corrected chi connectivity index (χ4v) is 7.97. The molecule has 1 saturated carbocycles. The van der Waals surface area contributed by atoms with Crippen LogP contribution in [0, 0.1) is 5.41 Å². The highest BCUT2D eigenvalue weighted by atomic mass is 35.5. The van der Waals surface area contributed by atoms with E-state index in [2.05, 4.69) is 10.3 Å². The van der Waals surface area contributed by atoms with Crippen molar-refractivity contribution in [2.24, 2.45) is 5.41 Å². The number of nitrogens with zero attached hydrogens (tertiary/aromatic N) is 3. The first-order valence-electron chi connectivity index (χ1n) is 18.6. The maximum atomic E-state index is 14.6. The number of aliphatic hydroxyl groups is 1. The average molecular weight is 797 g/mol. The van der Waals surface area contributed by atoms with Crippen molar-refractivity contribution in [1.82, 2.24) is 20.2 Å².